The molecule has 0 N–H and O–H groups in total. The van der Waals surface area contributed by atoms with Crippen LogP contribution in [0.4, 0.5) is 16.2 Å². The highest BCUT2D eigenvalue weighted by Gasteiger charge is 2.26. The Morgan fingerprint density at radius 2 is 1.68 bits per heavy atom. The van der Waals surface area contributed by atoms with E-state index in [2.05, 4.69) is 51.1 Å². The van der Waals surface area contributed by atoms with Crippen LogP contribution in [0.3, 0.4) is 0 Å². The molecule has 0 unspecified atom stereocenters. The fraction of sp³-hybridized carbons (Fsp3) is 0.208. The topological polar surface area (TPSA) is 23.6 Å². The number of urea groups is 1. The number of thioether (sulfide) groups is 1. The maximum atomic E-state index is 13.5. The number of carbonyl (C=O) groups is 1. The lowest BCUT2D eigenvalue weighted by molar-refractivity contribution is 0.230. The fourth-order valence-electron chi connectivity index (χ4n) is 3.40. The zero-order chi connectivity index (χ0) is 19.7. The first-order valence-electron chi connectivity index (χ1n) is 9.42. The van der Waals surface area contributed by atoms with Crippen LogP contribution >= 0.6 is 11.8 Å². The second kappa shape index (κ2) is 7.36. The molecule has 3 nitrogen and oxygen atoms in total. The normalized spacial score (nSPS) is 13.9. The Bertz CT molecular complexity index is 1030. The molecule has 1 aliphatic heterocycles. The molecule has 3 aromatic carbocycles. The lowest BCUT2D eigenvalue weighted by Gasteiger charge is -2.29. The van der Waals surface area contributed by atoms with E-state index in [-0.39, 0.29) is 11.4 Å². The molecule has 2 amide bonds. The van der Waals surface area contributed by atoms with Crippen LogP contribution in [0.25, 0.3) is 10.8 Å². The molecular weight excluding hydrogens is 364 g/mol. The Labute approximate surface area is 170 Å². The molecule has 0 spiro atoms. The molecule has 0 aromatic heterocycles. The Balaban J connectivity index is 1.85. The molecule has 0 atom stereocenters. The van der Waals surface area contributed by atoms with Gasteiger partial charge in [0.15, 0.2) is 0 Å². The van der Waals surface area contributed by atoms with Crippen LogP contribution in [-0.4, -0.2) is 16.8 Å². The van der Waals surface area contributed by atoms with Gasteiger partial charge in [0.2, 0.25) is 0 Å². The summed E-state index contributed by atoms with van der Waals surface area (Å²) < 4.78 is 0. The number of fused-ring (bicyclic) bond motifs is 1. The van der Waals surface area contributed by atoms with Gasteiger partial charge in [-0.05, 0) is 40.0 Å². The van der Waals surface area contributed by atoms with E-state index >= 15 is 0 Å². The van der Waals surface area contributed by atoms with Gasteiger partial charge >= 0.3 is 6.03 Å². The van der Waals surface area contributed by atoms with Crippen molar-refractivity contribution in [3.8, 4) is 0 Å². The van der Waals surface area contributed by atoms with Gasteiger partial charge in [-0.2, -0.15) is 0 Å². The van der Waals surface area contributed by atoms with E-state index in [9.17, 15) is 4.79 Å². The molecule has 0 fully saturated rings. The second-order valence-corrected chi connectivity index (χ2v) is 8.83. The van der Waals surface area contributed by atoms with Crippen molar-refractivity contribution in [2.24, 2.45) is 0 Å². The maximum Gasteiger partial charge on any atom is 0.333 e. The van der Waals surface area contributed by atoms with Gasteiger partial charge in [-0.3, -0.25) is 9.80 Å². The molecule has 4 heteroatoms. The van der Waals surface area contributed by atoms with Gasteiger partial charge in [0.05, 0.1) is 17.3 Å². The summed E-state index contributed by atoms with van der Waals surface area (Å²) in [5.74, 6) is 0.639. The predicted molar refractivity (Wildman–Crippen MR) is 120 cm³/mol. The summed E-state index contributed by atoms with van der Waals surface area (Å²) in [6, 6.07) is 22.6. The summed E-state index contributed by atoms with van der Waals surface area (Å²) in [6.45, 7) is 6.59. The van der Waals surface area contributed by atoms with Crippen LogP contribution in [0.2, 0.25) is 0 Å². The minimum absolute atomic E-state index is 0.0406. The quantitative estimate of drug-likeness (QED) is 0.478. The number of benzene rings is 3. The second-order valence-electron chi connectivity index (χ2n) is 7.96. The summed E-state index contributed by atoms with van der Waals surface area (Å²) in [7, 11) is 0. The highest BCUT2D eigenvalue weighted by Crippen LogP contribution is 2.35. The first-order chi connectivity index (χ1) is 13.4. The van der Waals surface area contributed by atoms with E-state index < -0.39 is 0 Å². The van der Waals surface area contributed by atoms with E-state index in [1.165, 1.54) is 5.56 Å². The Hall–Kier alpha value is -2.72. The molecule has 0 bridgehead atoms. The molecule has 1 heterocycles. The highest BCUT2D eigenvalue weighted by molar-refractivity contribution is 8.02. The van der Waals surface area contributed by atoms with E-state index in [1.54, 1.807) is 16.7 Å². The third-order valence-corrected chi connectivity index (χ3v) is 5.73. The van der Waals surface area contributed by atoms with Crippen LogP contribution in [-0.2, 0) is 5.41 Å². The third kappa shape index (κ3) is 3.52. The summed E-state index contributed by atoms with van der Waals surface area (Å²) in [4.78, 5) is 17.0. The first kappa shape index (κ1) is 18.6. The van der Waals surface area contributed by atoms with Crippen molar-refractivity contribution in [2.45, 2.75) is 26.2 Å². The molecule has 0 saturated heterocycles. The van der Waals surface area contributed by atoms with Gasteiger partial charge < -0.3 is 0 Å². The van der Waals surface area contributed by atoms with Crippen LogP contribution < -0.4 is 4.90 Å². The van der Waals surface area contributed by atoms with Crippen LogP contribution in [0.5, 0.6) is 0 Å². The van der Waals surface area contributed by atoms with E-state index in [4.69, 9.17) is 0 Å². The number of hydrogen-bond donors (Lipinski definition) is 0. The zero-order valence-corrected chi connectivity index (χ0v) is 17.2. The number of rotatable bonds is 2. The van der Waals surface area contributed by atoms with E-state index in [1.807, 2.05) is 52.9 Å². The van der Waals surface area contributed by atoms with Gasteiger partial charge in [-0.15, -0.1) is 11.8 Å². The Kier molecular flexibility index (Phi) is 4.90. The Morgan fingerprint density at radius 1 is 0.964 bits per heavy atom. The molecule has 3 aromatic rings. The average Bonchev–Trinajstić information content (AvgIpc) is 3.23. The largest absolute Gasteiger partial charge is 0.333 e. The van der Waals surface area contributed by atoms with Crippen LogP contribution in [0.15, 0.2) is 78.3 Å². The van der Waals surface area contributed by atoms with Crippen molar-refractivity contribution in [1.82, 2.24) is 4.90 Å². The van der Waals surface area contributed by atoms with E-state index in [0.29, 0.717) is 5.88 Å². The minimum Gasteiger partial charge on any atom is -0.290 e. The van der Waals surface area contributed by atoms with Gasteiger partial charge in [-0.25, -0.2) is 4.79 Å². The molecular formula is C24H24N2OS. The predicted octanol–water partition coefficient (Wildman–Crippen LogP) is 6.87. The monoisotopic (exact) mass is 388 g/mol. The van der Waals surface area contributed by atoms with Crippen molar-refractivity contribution in [2.75, 3.05) is 10.8 Å². The number of anilines is 2. The first-order valence-corrected chi connectivity index (χ1v) is 10.5. The number of amides is 2. The minimum atomic E-state index is -0.0406. The van der Waals surface area contributed by atoms with Crippen molar-refractivity contribution >= 4 is 39.9 Å². The van der Waals surface area contributed by atoms with Crippen LogP contribution in [0, 0.1) is 0 Å². The molecule has 4 rings (SSSR count). The number of hydrogen-bond acceptors (Lipinski definition) is 2. The summed E-state index contributed by atoms with van der Waals surface area (Å²) >= 11 is 1.63. The highest BCUT2D eigenvalue weighted by atomic mass is 32.2. The number of carbonyl (C=O) groups excluding carboxylic acids is 1. The van der Waals surface area contributed by atoms with Crippen LogP contribution in [0.1, 0.15) is 26.3 Å². The smallest absolute Gasteiger partial charge is 0.290 e. The summed E-state index contributed by atoms with van der Waals surface area (Å²) in [5.41, 5.74) is 3.09. The van der Waals surface area contributed by atoms with Crippen molar-refractivity contribution in [3.63, 3.8) is 0 Å². The summed E-state index contributed by atoms with van der Waals surface area (Å²) in [5, 5.41) is 4.14. The standard InChI is InChI=1S/C24H24N2OS/c1-24(2,3)19-11-13-20(14-12-19)26(23(27)25-15-16-28-17-25)22-10-6-8-18-7-4-5-9-21(18)22/h4-16H,17H2,1-3H3. The molecule has 1 aliphatic rings. The van der Waals surface area contributed by atoms with Gasteiger partial charge in [0.25, 0.3) is 0 Å². The lowest BCUT2D eigenvalue weighted by Crippen LogP contribution is -2.36. The van der Waals surface area contributed by atoms with Gasteiger partial charge in [-0.1, -0.05) is 69.3 Å². The van der Waals surface area contributed by atoms with Crippen molar-refractivity contribution in [3.05, 3.63) is 83.9 Å². The molecule has 142 valence electrons. The zero-order valence-electron chi connectivity index (χ0n) is 16.4. The fourth-order valence-corrected chi connectivity index (χ4v) is 4.07. The summed E-state index contributed by atoms with van der Waals surface area (Å²) in [6.07, 6.45) is 1.86. The van der Waals surface area contributed by atoms with Crippen molar-refractivity contribution in [1.29, 1.82) is 0 Å². The third-order valence-electron chi connectivity index (χ3n) is 4.99. The van der Waals surface area contributed by atoms with Crippen molar-refractivity contribution < 1.29 is 4.79 Å². The van der Waals surface area contributed by atoms with Gasteiger partial charge in [0, 0.05) is 11.6 Å². The van der Waals surface area contributed by atoms with E-state index in [0.717, 1.165) is 22.1 Å². The number of nitrogens with zero attached hydrogens (tertiary/aromatic N) is 2. The average molecular weight is 389 g/mol. The Morgan fingerprint density at radius 3 is 2.36 bits per heavy atom. The lowest BCUT2D eigenvalue weighted by atomic mass is 9.87. The SMILES string of the molecule is CC(C)(C)c1ccc(N(C(=O)N2C=CSC2)c2cccc3ccccc23)cc1. The molecule has 0 saturated carbocycles. The maximum absolute atomic E-state index is 13.5. The molecule has 28 heavy (non-hydrogen) atoms. The molecule has 0 radical (unpaired) electrons. The van der Waals surface area contributed by atoms with Gasteiger partial charge in [0.1, 0.15) is 0 Å². The molecule has 0 aliphatic carbocycles.